The summed E-state index contributed by atoms with van der Waals surface area (Å²) in [5, 5.41) is 21.8. The maximum absolute atomic E-state index is 12.2. The first-order valence-electron chi connectivity index (χ1n) is 7.50. The molecule has 1 aromatic rings. The van der Waals surface area contributed by atoms with Crippen LogP contribution in [0.25, 0.3) is 0 Å². The third kappa shape index (κ3) is 4.40. The van der Waals surface area contributed by atoms with Crippen molar-refractivity contribution in [3.63, 3.8) is 0 Å². The molecule has 2 rings (SSSR count). The van der Waals surface area contributed by atoms with Gasteiger partial charge in [0.2, 0.25) is 0 Å². The van der Waals surface area contributed by atoms with E-state index in [4.69, 9.17) is 0 Å². The lowest BCUT2D eigenvalue weighted by Crippen LogP contribution is -2.49. The lowest BCUT2D eigenvalue weighted by Gasteiger charge is -2.34. The van der Waals surface area contributed by atoms with Crippen molar-refractivity contribution in [2.75, 3.05) is 53.4 Å². The van der Waals surface area contributed by atoms with Crippen molar-refractivity contribution in [1.29, 1.82) is 0 Å². The SMILES string of the molecule is CN1CCN(CC(O)CN(C)C(=O)c2cccc[n+]2[O-])CC1. The number of hydrogen-bond acceptors (Lipinski definition) is 5. The average molecular weight is 308 g/mol. The number of piperazine rings is 1. The third-order valence-electron chi connectivity index (χ3n) is 3.94. The molecule has 1 amide bonds. The number of aliphatic hydroxyl groups is 1. The first kappa shape index (κ1) is 16.7. The minimum Gasteiger partial charge on any atom is -0.618 e. The van der Waals surface area contributed by atoms with E-state index in [2.05, 4.69) is 16.8 Å². The first-order valence-corrected chi connectivity index (χ1v) is 7.50. The molecule has 7 heteroatoms. The molecule has 22 heavy (non-hydrogen) atoms. The predicted octanol–water partition coefficient (Wildman–Crippen LogP) is -1.000. The number of aliphatic hydroxyl groups excluding tert-OH is 1. The summed E-state index contributed by atoms with van der Waals surface area (Å²) in [5.74, 6) is -0.381. The number of carbonyl (C=O) groups is 1. The number of amides is 1. The highest BCUT2D eigenvalue weighted by atomic mass is 16.5. The van der Waals surface area contributed by atoms with Crippen molar-refractivity contribution >= 4 is 5.91 Å². The van der Waals surface area contributed by atoms with Gasteiger partial charge in [0.15, 0.2) is 6.20 Å². The van der Waals surface area contributed by atoms with Gasteiger partial charge in [0, 0.05) is 58.4 Å². The highest BCUT2D eigenvalue weighted by Gasteiger charge is 2.23. The Morgan fingerprint density at radius 1 is 1.41 bits per heavy atom. The topological polar surface area (TPSA) is 74.0 Å². The number of nitrogens with zero attached hydrogens (tertiary/aromatic N) is 4. The molecule has 0 aromatic carbocycles. The van der Waals surface area contributed by atoms with Crippen molar-refractivity contribution in [1.82, 2.24) is 14.7 Å². The van der Waals surface area contributed by atoms with E-state index in [0.717, 1.165) is 26.2 Å². The number of aromatic nitrogens is 1. The van der Waals surface area contributed by atoms with Crippen LogP contribution in [0, 0.1) is 5.21 Å². The van der Waals surface area contributed by atoms with Gasteiger partial charge in [-0.1, -0.05) is 0 Å². The fraction of sp³-hybridized carbons (Fsp3) is 0.600. The van der Waals surface area contributed by atoms with Crippen molar-refractivity contribution in [2.45, 2.75) is 6.10 Å². The first-order chi connectivity index (χ1) is 10.5. The molecule has 0 bridgehead atoms. The molecular formula is C15H24N4O3. The Balaban J connectivity index is 1.84. The normalized spacial score (nSPS) is 18.1. The maximum atomic E-state index is 12.2. The molecular weight excluding hydrogens is 284 g/mol. The average Bonchev–Trinajstić information content (AvgIpc) is 2.49. The second kappa shape index (κ2) is 7.53. The highest BCUT2D eigenvalue weighted by Crippen LogP contribution is 2.03. The molecule has 1 fully saturated rings. The van der Waals surface area contributed by atoms with Gasteiger partial charge in [0.05, 0.1) is 6.10 Å². The number of likely N-dealkylation sites (N-methyl/N-ethyl adjacent to an activating group) is 2. The minimum atomic E-state index is -0.624. The molecule has 0 spiro atoms. The summed E-state index contributed by atoms with van der Waals surface area (Å²) in [6, 6.07) is 4.71. The molecule has 1 N–H and O–H groups in total. The molecule has 122 valence electrons. The van der Waals surface area contributed by atoms with Crippen LogP contribution in [-0.2, 0) is 0 Å². The fourth-order valence-corrected chi connectivity index (χ4v) is 2.57. The molecule has 1 aliphatic heterocycles. The predicted molar refractivity (Wildman–Crippen MR) is 82.3 cm³/mol. The van der Waals surface area contributed by atoms with Crippen LogP contribution in [0.4, 0.5) is 0 Å². The summed E-state index contributed by atoms with van der Waals surface area (Å²) in [6.07, 6.45) is 0.669. The summed E-state index contributed by atoms with van der Waals surface area (Å²) in [7, 11) is 3.68. The van der Waals surface area contributed by atoms with Crippen LogP contribution in [0.5, 0.6) is 0 Å². The van der Waals surface area contributed by atoms with E-state index in [1.54, 1.807) is 19.2 Å². The zero-order valence-corrected chi connectivity index (χ0v) is 13.2. The van der Waals surface area contributed by atoms with E-state index in [0.29, 0.717) is 11.3 Å². The van der Waals surface area contributed by atoms with Crippen molar-refractivity contribution in [3.05, 3.63) is 35.3 Å². The molecule has 2 heterocycles. The van der Waals surface area contributed by atoms with Crippen LogP contribution in [-0.4, -0.2) is 85.2 Å². The van der Waals surface area contributed by atoms with Crippen LogP contribution < -0.4 is 4.73 Å². The molecule has 1 saturated heterocycles. The minimum absolute atomic E-state index is 0.0665. The lowest BCUT2D eigenvalue weighted by atomic mass is 10.2. The summed E-state index contributed by atoms with van der Waals surface area (Å²) in [6.45, 7) is 4.57. The molecule has 7 nitrogen and oxygen atoms in total. The van der Waals surface area contributed by atoms with Gasteiger partial charge in [-0.25, -0.2) is 0 Å². The van der Waals surface area contributed by atoms with E-state index in [9.17, 15) is 15.1 Å². The monoisotopic (exact) mass is 308 g/mol. The van der Waals surface area contributed by atoms with Crippen LogP contribution in [0.15, 0.2) is 24.4 Å². The zero-order valence-electron chi connectivity index (χ0n) is 13.2. The van der Waals surface area contributed by atoms with E-state index >= 15 is 0 Å². The molecule has 1 atom stereocenters. The Kier molecular flexibility index (Phi) is 5.70. The lowest BCUT2D eigenvalue weighted by molar-refractivity contribution is -0.608. The number of rotatable bonds is 5. The second-order valence-corrected chi connectivity index (χ2v) is 5.86. The molecule has 0 aliphatic carbocycles. The van der Waals surface area contributed by atoms with Gasteiger partial charge in [-0.05, 0) is 13.1 Å². The number of β-amino-alcohol motifs (C(OH)–C–C–N with tert-alkyl or cyclic N) is 1. The molecule has 1 unspecified atom stereocenters. The van der Waals surface area contributed by atoms with Gasteiger partial charge in [0.25, 0.3) is 5.69 Å². The Morgan fingerprint density at radius 2 is 2.09 bits per heavy atom. The van der Waals surface area contributed by atoms with Gasteiger partial charge in [-0.2, -0.15) is 4.73 Å². The van der Waals surface area contributed by atoms with Gasteiger partial charge >= 0.3 is 5.91 Å². The second-order valence-electron chi connectivity index (χ2n) is 5.86. The Bertz CT molecular complexity index is 503. The third-order valence-corrected chi connectivity index (χ3v) is 3.94. The van der Waals surface area contributed by atoms with E-state index in [1.807, 2.05) is 0 Å². The van der Waals surface area contributed by atoms with E-state index in [1.165, 1.54) is 17.2 Å². The number of pyridine rings is 1. The van der Waals surface area contributed by atoms with Crippen molar-refractivity contribution in [3.8, 4) is 0 Å². The summed E-state index contributed by atoms with van der Waals surface area (Å²) in [4.78, 5) is 18.0. The number of hydrogen-bond donors (Lipinski definition) is 1. The maximum Gasteiger partial charge on any atom is 0.319 e. The quantitative estimate of drug-likeness (QED) is 0.558. The molecule has 1 aliphatic rings. The summed E-state index contributed by atoms with van der Waals surface area (Å²) >= 11 is 0. The smallest absolute Gasteiger partial charge is 0.319 e. The van der Waals surface area contributed by atoms with E-state index in [-0.39, 0.29) is 18.1 Å². The van der Waals surface area contributed by atoms with Crippen LogP contribution >= 0.6 is 0 Å². The van der Waals surface area contributed by atoms with Crippen LogP contribution in [0.1, 0.15) is 10.5 Å². The Hall–Kier alpha value is -1.70. The Labute approximate surface area is 130 Å². The van der Waals surface area contributed by atoms with Gasteiger partial charge in [0.1, 0.15) is 0 Å². The molecule has 1 aromatic heterocycles. The van der Waals surface area contributed by atoms with Gasteiger partial charge < -0.3 is 20.1 Å². The molecule has 0 saturated carbocycles. The zero-order chi connectivity index (χ0) is 16.1. The van der Waals surface area contributed by atoms with Gasteiger partial charge in [-0.15, -0.1) is 0 Å². The van der Waals surface area contributed by atoms with E-state index < -0.39 is 6.10 Å². The summed E-state index contributed by atoms with van der Waals surface area (Å²) in [5.41, 5.74) is 0.0665. The van der Waals surface area contributed by atoms with Crippen LogP contribution in [0.2, 0.25) is 0 Å². The van der Waals surface area contributed by atoms with Crippen molar-refractivity contribution < 1.29 is 14.6 Å². The molecule has 0 radical (unpaired) electrons. The van der Waals surface area contributed by atoms with Crippen LogP contribution in [0.3, 0.4) is 0 Å². The number of carbonyl (C=O) groups excluding carboxylic acids is 1. The largest absolute Gasteiger partial charge is 0.618 e. The summed E-state index contributed by atoms with van der Waals surface area (Å²) < 4.78 is 0.547. The highest BCUT2D eigenvalue weighted by molar-refractivity contribution is 5.90. The van der Waals surface area contributed by atoms with Gasteiger partial charge in [-0.3, -0.25) is 9.69 Å². The Morgan fingerprint density at radius 3 is 2.73 bits per heavy atom. The standard InChI is InChI=1S/C15H24N4O3/c1-16-7-9-18(10-8-16)12-13(20)11-17(2)15(21)14-5-3-4-6-19(14)22/h3-6,13,20H,7-12H2,1-2H3. The fourth-order valence-electron chi connectivity index (χ4n) is 2.57. The van der Waals surface area contributed by atoms with Crippen molar-refractivity contribution in [2.24, 2.45) is 0 Å².